The molecule has 1 N–H and O–H groups in total. The van der Waals surface area contributed by atoms with Gasteiger partial charge in [0.2, 0.25) is 0 Å². The molecule has 3 nitrogen and oxygen atoms in total. The standard InChI is InChI=1S/C15H31NO2/c1-5-15(6-2,18-8-4)14(16-7-3)13-9-11-17-12-10-13/h13-14,16H,5-12H2,1-4H3. The van der Waals surface area contributed by atoms with Gasteiger partial charge in [-0.05, 0) is 45.1 Å². The summed E-state index contributed by atoms with van der Waals surface area (Å²) in [5.74, 6) is 0.685. The maximum absolute atomic E-state index is 6.19. The topological polar surface area (TPSA) is 30.5 Å². The maximum Gasteiger partial charge on any atom is 0.0832 e. The lowest BCUT2D eigenvalue weighted by atomic mass is 9.77. The lowest BCUT2D eigenvalue weighted by molar-refractivity contribution is -0.0960. The summed E-state index contributed by atoms with van der Waals surface area (Å²) in [7, 11) is 0. The summed E-state index contributed by atoms with van der Waals surface area (Å²) < 4.78 is 11.7. The molecule has 1 fully saturated rings. The third-order valence-corrected chi connectivity index (χ3v) is 4.36. The zero-order valence-electron chi connectivity index (χ0n) is 12.6. The van der Waals surface area contributed by atoms with E-state index in [4.69, 9.17) is 9.47 Å². The van der Waals surface area contributed by atoms with Crippen LogP contribution in [0.2, 0.25) is 0 Å². The molecule has 0 bridgehead atoms. The highest BCUT2D eigenvalue weighted by molar-refractivity contribution is 4.96. The monoisotopic (exact) mass is 257 g/mol. The Morgan fingerprint density at radius 3 is 2.22 bits per heavy atom. The number of hydrogen-bond acceptors (Lipinski definition) is 3. The van der Waals surface area contributed by atoms with Crippen molar-refractivity contribution in [3.8, 4) is 0 Å². The Labute approximate surface area is 113 Å². The molecule has 0 spiro atoms. The first-order chi connectivity index (χ1) is 8.74. The van der Waals surface area contributed by atoms with Crippen LogP contribution in [0.4, 0.5) is 0 Å². The molecule has 0 aliphatic carbocycles. The van der Waals surface area contributed by atoms with Gasteiger partial charge < -0.3 is 14.8 Å². The highest BCUT2D eigenvalue weighted by atomic mass is 16.5. The average molecular weight is 257 g/mol. The van der Waals surface area contributed by atoms with Crippen LogP contribution in [0.5, 0.6) is 0 Å². The first-order valence-corrected chi connectivity index (χ1v) is 7.69. The van der Waals surface area contributed by atoms with E-state index >= 15 is 0 Å². The maximum atomic E-state index is 6.19. The molecule has 0 saturated carbocycles. The van der Waals surface area contributed by atoms with Crippen molar-refractivity contribution < 1.29 is 9.47 Å². The van der Waals surface area contributed by atoms with Crippen LogP contribution in [0.3, 0.4) is 0 Å². The van der Waals surface area contributed by atoms with Crippen LogP contribution in [-0.2, 0) is 9.47 Å². The molecular weight excluding hydrogens is 226 g/mol. The third kappa shape index (κ3) is 3.69. The van der Waals surface area contributed by atoms with Gasteiger partial charge in [0.15, 0.2) is 0 Å². The fourth-order valence-electron chi connectivity index (χ4n) is 3.32. The second kappa shape index (κ2) is 8.13. The third-order valence-electron chi connectivity index (χ3n) is 4.36. The van der Waals surface area contributed by atoms with Crippen molar-refractivity contribution in [1.29, 1.82) is 0 Å². The van der Waals surface area contributed by atoms with Gasteiger partial charge in [0.05, 0.1) is 5.60 Å². The summed E-state index contributed by atoms with van der Waals surface area (Å²) >= 11 is 0. The van der Waals surface area contributed by atoms with Gasteiger partial charge in [-0.2, -0.15) is 0 Å². The first-order valence-electron chi connectivity index (χ1n) is 7.69. The van der Waals surface area contributed by atoms with Gasteiger partial charge in [-0.15, -0.1) is 0 Å². The van der Waals surface area contributed by atoms with Crippen LogP contribution < -0.4 is 5.32 Å². The van der Waals surface area contributed by atoms with E-state index < -0.39 is 0 Å². The van der Waals surface area contributed by atoms with E-state index in [1.807, 2.05) is 0 Å². The van der Waals surface area contributed by atoms with Gasteiger partial charge in [0, 0.05) is 25.9 Å². The molecule has 1 unspecified atom stereocenters. The van der Waals surface area contributed by atoms with Crippen LogP contribution >= 0.6 is 0 Å². The highest BCUT2D eigenvalue weighted by Gasteiger charge is 2.41. The van der Waals surface area contributed by atoms with Crippen molar-refractivity contribution in [3.63, 3.8) is 0 Å². The van der Waals surface area contributed by atoms with Gasteiger partial charge in [-0.25, -0.2) is 0 Å². The van der Waals surface area contributed by atoms with E-state index in [9.17, 15) is 0 Å². The van der Waals surface area contributed by atoms with Crippen molar-refractivity contribution in [1.82, 2.24) is 5.32 Å². The number of likely N-dealkylation sites (N-methyl/N-ethyl adjacent to an activating group) is 1. The van der Waals surface area contributed by atoms with Crippen molar-refractivity contribution in [2.45, 2.75) is 65.0 Å². The van der Waals surface area contributed by atoms with Crippen LogP contribution in [-0.4, -0.2) is 38.0 Å². The molecule has 108 valence electrons. The number of rotatable bonds is 8. The largest absolute Gasteiger partial charge is 0.381 e. The molecule has 1 atom stereocenters. The van der Waals surface area contributed by atoms with Crippen LogP contribution in [0.15, 0.2) is 0 Å². The smallest absolute Gasteiger partial charge is 0.0832 e. The molecule has 18 heavy (non-hydrogen) atoms. The molecule has 1 aliphatic heterocycles. The summed E-state index contributed by atoms with van der Waals surface area (Å²) in [5.41, 5.74) is -0.00718. The fourth-order valence-corrected chi connectivity index (χ4v) is 3.32. The Morgan fingerprint density at radius 2 is 1.78 bits per heavy atom. The Kier molecular flexibility index (Phi) is 7.20. The SMILES string of the molecule is CCNC(C1CCOCC1)C(CC)(CC)OCC. The Morgan fingerprint density at radius 1 is 1.17 bits per heavy atom. The van der Waals surface area contributed by atoms with Gasteiger partial charge in [0.25, 0.3) is 0 Å². The number of hydrogen-bond donors (Lipinski definition) is 1. The molecule has 0 aromatic heterocycles. The molecule has 1 saturated heterocycles. The minimum absolute atomic E-state index is 0.00718. The van der Waals surface area contributed by atoms with Crippen molar-refractivity contribution in [2.24, 2.45) is 5.92 Å². The number of ether oxygens (including phenoxy) is 2. The zero-order chi connectivity index (χ0) is 13.4. The quantitative estimate of drug-likeness (QED) is 0.725. The number of nitrogens with one attached hydrogen (secondary N) is 1. The van der Waals surface area contributed by atoms with E-state index in [0.717, 1.165) is 52.0 Å². The fraction of sp³-hybridized carbons (Fsp3) is 1.00. The zero-order valence-corrected chi connectivity index (χ0v) is 12.6. The van der Waals surface area contributed by atoms with Crippen LogP contribution in [0, 0.1) is 5.92 Å². The molecule has 0 aromatic carbocycles. The van der Waals surface area contributed by atoms with E-state index in [-0.39, 0.29) is 5.60 Å². The average Bonchev–Trinajstić information content (AvgIpc) is 2.44. The van der Waals surface area contributed by atoms with E-state index in [1.165, 1.54) is 0 Å². The lowest BCUT2D eigenvalue weighted by Gasteiger charge is -2.45. The van der Waals surface area contributed by atoms with Gasteiger partial charge >= 0.3 is 0 Å². The molecule has 0 aromatic rings. The first kappa shape index (κ1) is 15.9. The van der Waals surface area contributed by atoms with Gasteiger partial charge in [-0.3, -0.25) is 0 Å². The lowest BCUT2D eigenvalue weighted by Crippen LogP contribution is -2.56. The summed E-state index contributed by atoms with van der Waals surface area (Å²) in [6.07, 6.45) is 4.47. The summed E-state index contributed by atoms with van der Waals surface area (Å²) in [4.78, 5) is 0. The second-order valence-electron chi connectivity index (χ2n) is 5.19. The van der Waals surface area contributed by atoms with Gasteiger partial charge in [-0.1, -0.05) is 20.8 Å². The van der Waals surface area contributed by atoms with Crippen molar-refractivity contribution >= 4 is 0 Å². The molecule has 3 heteroatoms. The summed E-state index contributed by atoms with van der Waals surface area (Å²) in [6, 6.07) is 0.460. The second-order valence-corrected chi connectivity index (χ2v) is 5.19. The van der Waals surface area contributed by atoms with E-state index in [0.29, 0.717) is 12.0 Å². The van der Waals surface area contributed by atoms with E-state index in [2.05, 4.69) is 33.0 Å². The Balaban J connectivity index is 2.83. The van der Waals surface area contributed by atoms with Crippen LogP contribution in [0.25, 0.3) is 0 Å². The van der Waals surface area contributed by atoms with Gasteiger partial charge in [0.1, 0.15) is 0 Å². The predicted molar refractivity (Wildman–Crippen MR) is 75.9 cm³/mol. The highest BCUT2D eigenvalue weighted by Crippen LogP contribution is 2.33. The van der Waals surface area contributed by atoms with Crippen LogP contribution in [0.1, 0.15) is 53.4 Å². The summed E-state index contributed by atoms with van der Waals surface area (Å²) in [6.45, 7) is 12.4. The Hall–Kier alpha value is -0.120. The minimum atomic E-state index is -0.00718. The molecular formula is C15H31NO2. The Bertz CT molecular complexity index is 211. The molecule has 1 heterocycles. The molecule has 0 radical (unpaired) electrons. The summed E-state index contributed by atoms with van der Waals surface area (Å²) in [5, 5.41) is 3.70. The molecule has 1 aliphatic rings. The molecule has 1 rings (SSSR count). The normalized spacial score (nSPS) is 20.0. The van der Waals surface area contributed by atoms with E-state index in [1.54, 1.807) is 0 Å². The van der Waals surface area contributed by atoms with Crippen molar-refractivity contribution in [3.05, 3.63) is 0 Å². The van der Waals surface area contributed by atoms with Crippen molar-refractivity contribution in [2.75, 3.05) is 26.4 Å². The molecule has 0 amide bonds. The predicted octanol–water partition coefficient (Wildman–Crippen LogP) is 2.99. The minimum Gasteiger partial charge on any atom is -0.381 e.